The van der Waals surface area contributed by atoms with Crippen LogP contribution in [0.4, 0.5) is 0 Å². The summed E-state index contributed by atoms with van der Waals surface area (Å²) >= 11 is 0. The van der Waals surface area contributed by atoms with E-state index in [1.54, 1.807) is 36.4 Å². The summed E-state index contributed by atoms with van der Waals surface area (Å²) < 4.78 is 0. The zero-order valence-electron chi connectivity index (χ0n) is 16.6. The molecule has 0 N–H and O–H groups in total. The van der Waals surface area contributed by atoms with E-state index in [0.717, 1.165) is 5.56 Å². The molecule has 3 rings (SSSR count). The average molecular weight is 371 g/mol. The Hall–Kier alpha value is -3.04. The van der Waals surface area contributed by atoms with Gasteiger partial charge in [-0.3, -0.25) is 14.5 Å². The molecule has 0 fully saturated rings. The SMILES string of the molecule is CN(C)C(C)(Cc1ccccc1)C(=O)c1ccc(C(=O)c2ccccc2)cc1. The van der Waals surface area contributed by atoms with Gasteiger partial charge in [-0.1, -0.05) is 84.9 Å². The van der Waals surface area contributed by atoms with Crippen molar-refractivity contribution in [2.24, 2.45) is 0 Å². The number of carbonyl (C=O) groups is 2. The fraction of sp³-hybridized carbons (Fsp3) is 0.200. The highest BCUT2D eigenvalue weighted by molar-refractivity contribution is 6.10. The Labute approximate surface area is 166 Å². The number of nitrogens with zero attached hydrogens (tertiary/aromatic N) is 1. The maximum atomic E-state index is 13.3. The maximum Gasteiger partial charge on any atom is 0.193 e. The minimum absolute atomic E-state index is 0.0417. The standard InChI is InChI=1S/C25H25NO2/c1-25(26(2)3,18-19-10-6-4-7-11-19)24(28)22-16-14-21(15-17-22)23(27)20-12-8-5-9-13-20/h4-17H,18H2,1-3H3. The molecule has 0 spiro atoms. The van der Waals surface area contributed by atoms with E-state index in [1.807, 2.05) is 74.4 Å². The van der Waals surface area contributed by atoms with E-state index in [0.29, 0.717) is 23.1 Å². The summed E-state index contributed by atoms with van der Waals surface area (Å²) in [5.41, 5.74) is 2.27. The van der Waals surface area contributed by atoms with Gasteiger partial charge in [0.2, 0.25) is 0 Å². The van der Waals surface area contributed by atoms with Crippen LogP contribution in [0.1, 0.15) is 38.8 Å². The lowest BCUT2D eigenvalue weighted by Crippen LogP contribution is -2.50. The van der Waals surface area contributed by atoms with Crippen molar-refractivity contribution in [3.63, 3.8) is 0 Å². The predicted molar refractivity (Wildman–Crippen MR) is 113 cm³/mol. The molecule has 0 heterocycles. The molecule has 1 atom stereocenters. The predicted octanol–water partition coefficient (Wildman–Crippen LogP) is 4.66. The van der Waals surface area contributed by atoms with Gasteiger partial charge in [-0.25, -0.2) is 0 Å². The van der Waals surface area contributed by atoms with Crippen LogP contribution in [-0.2, 0) is 6.42 Å². The van der Waals surface area contributed by atoms with Gasteiger partial charge in [0.25, 0.3) is 0 Å². The van der Waals surface area contributed by atoms with Crippen molar-refractivity contribution in [2.45, 2.75) is 18.9 Å². The van der Waals surface area contributed by atoms with Gasteiger partial charge in [0.15, 0.2) is 11.6 Å². The third kappa shape index (κ3) is 4.10. The van der Waals surface area contributed by atoms with Crippen LogP contribution < -0.4 is 0 Å². The molecule has 0 aliphatic carbocycles. The van der Waals surface area contributed by atoms with Gasteiger partial charge in [-0.05, 0) is 33.0 Å². The molecule has 28 heavy (non-hydrogen) atoms. The summed E-state index contributed by atoms with van der Waals surface area (Å²) in [6.45, 7) is 1.96. The first kappa shape index (κ1) is 19.7. The molecule has 0 aliphatic rings. The van der Waals surface area contributed by atoms with Crippen molar-refractivity contribution < 1.29 is 9.59 Å². The molecule has 0 amide bonds. The molecule has 3 heteroatoms. The summed E-state index contributed by atoms with van der Waals surface area (Å²) in [6.07, 6.45) is 0.615. The van der Waals surface area contributed by atoms with Crippen LogP contribution in [0.25, 0.3) is 0 Å². The van der Waals surface area contributed by atoms with Crippen LogP contribution >= 0.6 is 0 Å². The van der Waals surface area contributed by atoms with Gasteiger partial charge in [0.05, 0.1) is 5.54 Å². The van der Waals surface area contributed by atoms with E-state index >= 15 is 0 Å². The lowest BCUT2D eigenvalue weighted by molar-refractivity contribution is 0.0718. The molecule has 0 aromatic heterocycles. The summed E-state index contributed by atoms with van der Waals surface area (Å²) in [5, 5.41) is 0. The quantitative estimate of drug-likeness (QED) is 0.567. The minimum Gasteiger partial charge on any atom is -0.297 e. The normalized spacial score (nSPS) is 13.1. The van der Waals surface area contributed by atoms with Crippen molar-refractivity contribution >= 4 is 11.6 Å². The number of carbonyl (C=O) groups excluding carboxylic acids is 2. The molecule has 3 nitrogen and oxygen atoms in total. The Morgan fingerprint density at radius 2 is 1.18 bits per heavy atom. The first-order valence-electron chi connectivity index (χ1n) is 9.38. The van der Waals surface area contributed by atoms with Crippen LogP contribution in [0.2, 0.25) is 0 Å². The van der Waals surface area contributed by atoms with Gasteiger partial charge in [0, 0.05) is 16.7 Å². The number of hydrogen-bond donors (Lipinski definition) is 0. The Bertz CT molecular complexity index is 947. The largest absolute Gasteiger partial charge is 0.297 e. The number of hydrogen-bond acceptors (Lipinski definition) is 3. The van der Waals surface area contributed by atoms with Crippen molar-refractivity contribution in [3.05, 3.63) is 107 Å². The zero-order chi connectivity index (χ0) is 20.1. The lowest BCUT2D eigenvalue weighted by Gasteiger charge is -2.35. The molecule has 0 saturated carbocycles. The van der Waals surface area contributed by atoms with Crippen LogP contribution in [0.3, 0.4) is 0 Å². The molecular formula is C25H25NO2. The molecular weight excluding hydrogens is 346 g/mol. The molecule has 3 aromatic carbocycles. The van der Waals surface area contributed by atoms with Crippen LogP contribution in [0.5, 0.6) is 0 Å². The lowest BCUT2D eigenvalue weighted by atomic mass is 9.83. The fourth-order valence-electron chi connectivity index (χ4n) is 3.27. The van der Waals surface area contributed by atoms with Gasteiger partial charge in [-0.15, -0.1) is 0 Å². The van der Waals surface area contributed by atoms with Crippen molar-refractivity contribution in [2.75, 3.05) is 14.1 Å². The Kier molecular flexibility index (Phi) is 5.86. The molecule has 1 unspecified atom stereocenters. The van der Waals surface area contributed by atoms with Crippen molar-refractivity contribution in [1.82, 2.24) is 4.90 Å². The van der Waals surface area contributed by atoms with E-state index in [4.69, 9.17) is 0 Å². The Balaban J connectivity index is 1.85. The van der Waals surface area contributed by atoms with Crippen LogP contribution in [0.15, 0.2) is 84.9 Å². The second-order valence-electron chi connectivity index (χ2n) is 7.43. The fourth-order valence-corrected chi connectivity index (χ4v) is 3.27. The highest BCUT2D eigenvalue weighted by Crippen LogP contribution is 2.24. The number of rotatable bonds is 7. The molecule has 142 valence electrons. The highest BCUT2D eigenvalue weighted by atomic mass is 16.1. The van der Waals surface area contributed by atoms with E-state index < -0.39 is 5.54 Å². The number of likely N-dealkylation sites (N-methyl/N-ethyl adjacent to an activating group) is 1. The number of Topliss-reactive ketones (excluding diaryl/α,β-unsaturated/α-hetero) is 1. The summed E-state index contributed by atoms with van der Waals surface area (Å²) in [7, 11) is 3.85. The monoisotopic (exact) mass is 371 g/mol. The van der Waals surface area contributed by atoms with Gasteiger partial charge < -0.3 is 0 Å². The second-order valence-corrected chi connectivity index (χ2v) is 7.43. The number of ketones is 2. The van der Waals surface area contributed by atoms with Gasteiger partial charge in [-0.2, -0.15) is 0 Å². The van der Waals surface area contributed by atoms with E-state index in [-0.39, 0.29) is 11.6 Å². The van der Waals surface area contributed by atoms with Crippen LogP contribution in [0, 0.1) is 0 Å². The molecule has 0 bridgehead atoms. The van der Waals surface area contributed by atoms with E-state index in [1.165, 1.54) is 0 Å². The molecule has 0 saturated heterocycles. The van der Waals surface area contributed by atoms with Gasteiger partial charge in [0.1, 0.15) is 0 Å². The third-order valence-corrected chi connectivity index (χ3v) is 5.31. The third-order valence-electron chi connectivity index (χ3n) is 5.31. The first-order chi connectivity index (χ1) is 13.4. The zero-order valence-corrected chi connectivity index (χ0v) is 16.6. The average Bonchev–Trinajstić information content (AvgIpc) is 2.74. The topological polar surface area (TPSA) is 37.4 Å². The molecule has 3 aromatic rings. The summed E-state index contributed by atoms with van der Waals surface area (Å²) in [4.78, 5) is 27.9. The van der Waals surface area contributed by atoms with Crippen molar-refractivity contribution in [1.29, 1.82) is 0 Å². The van der Waals surface area contributed by atoms with Gasteiger partial charge >= 0.3 is 0 Å². The number of benzene rings is 3. The molecule has 0 radical (unpaired) electrons. The van der Waals surface area contributed by atoms with Crippen molar-refractivity contribution in [3.8, 4) is 0 Å². The minimum atomic E-state index is -0.674. The second kappa shape index (κ2) is 8.32. The summed E-state index contributed by atoms with van der Waals surface area (Å²) in [6, 6.07) is 26.2. The Morgan fingerprint density at radius 1 is 0.714 bits per heavy atom. The van der Waals surface area contributed by atoms with E-state index in [2.05, 4.69) is 0 Å². The maximum absolute atomic E-state index is 13.3. The Morgan fingerprint density at radius 3 is 1.71 bits per heavy atom. The van der Waals surface area contributed by atoms with E-state index in [9.17, 15) is 9.59 Å². The van der Waals surface area contributed by atoms with Crippen LogP contribution in [-0.4, -0.2) is 36.1 Å². The smallest absolute Gasteiger partial charge is 0.193 e. The first-order valence-corrected chi connectivity index (χ1v) is 9.38. The summed E-state index contributed by atoms with van der Waals surface area (Å²) in [5.74, 6) is -0.000631. The highest BCUT2D eigenvalue weighted by Gasteiger charge is 2.36. The molecule has 0 aliphatic heterocycles.